The van der Waals surface area contributed by atoms with E-state index < -0.39 is 10.0 Å². The molecule has 4 aromatic rings. The molecule has 0 unspecified atom stereocenters. The zero-order valence-corrected chi connectivity index (χ0v) is 15.1. The van der Waals surface area contributed by atoms with Crippen molar-refractivity contribution in [3.8, 4) is 22.4 Å². The Morgan fingerprint density at radius 1 is 0.885 bits per heavy atom. The summed E-state index contributed by atoms with van der Waals surface area (Å²) >= 11 is 6.02. The van der Waals surface area contributed by atoms with E-state index in [0.717, 1.165) is 27.9 Å². The van der Waals surface area contributed by atoms with Crippen molar-refractivity contribution in [2.45, 2.75) is 4.90 Å². The number of benzene rings is 2. The SMILES string of the molecule is NS(=O)(=O)c1ccc(-c2nn3ccccc3c2-c2ccc(Cl)cc2)cc1. The number of rotatable bonds is 3. The molecule has 0 saturated heterocycles. The second-order valence-corrected chi connectivity index (χ2v) is 7.83. The van der Waals surface area contributed by atoms with Gasteiger partial charge in [-0.05, 0) is 42.0 Å². The van der Waals surface area contributed by atoms with E-state index in [4.69, 9.17) is 16.7 Å². The average molecular weight is 384 g/mol. The number of nitrogens with zero attached hydrogens (tertiary/aromatic N) is 2. The van der Waals surface area contributed by atoms with Crippen LogP contribution in [-0.2, 0) is 10.0 Å². The Morgan fingerprint density at radius 2 is 1.54 bits per heavy atom. The fourth-order valence-electron chi connectivity index (χ4n) is 2.90. The molecule has 130 valence electrons. The largest absolute Gasteiger partial charge is 0.240 e. The molecule has 0 saturated carbocycles. The van der Waals surface area contributed by atoms with E-state index in [-0.39, 0.29) is 4.90 Å². The van der Waals surface area contributed by atoms with Gasteiger partial charge in [-0.25, -0.2) is 18.1 Å². The second kappa shape index (κ2) is 6.25. The number of aromatic nitrogens is 2. The monoisotopic (exact) mass is 383 g/mol. The summed E-state index contributed by atoms with van der Waals surface area (Å²) in [6.45, 7) is 0. The first-order chi connectivity index (χ1) is 12.4. The van der Waals surface area contributed by atoms with Gasteiger partial charge in [0.1, 0.15) is 5.69 Å². The molecule has 0 amide bonds. The lowest BCUT2D eigenvalue weighted by Crippen LogP contribution is -2.11. The van der Waals surface area contributed by atoms with E-state index >= 15 is 0 Å². The van der Waals surface area contributed by atoms with Crippen LogP contribution in [0.2, 0.25) is 5.02 Å². The number of hydrogen-bond donors (Lipinski definition) is 1. The fraction of sp³-hybridized carbons (Fsp3) is 0. The maximum atomic E-state index is 11.5. The Hall–Kier alpha value is -2.67. The Bertz CT molecular complexity index is 1200. The zero-order valence-electron chi connectivity index (χ0n) is 13.5. The molecule has 4 rings (SSSR count). The molecule has 5 nitrogen and oxygen atoms in total. The Kier molecular flexibility index (Phi) is 4.03. The second-order valence-electron chi connectivity index (χ2n) is 5.83. The molecule has 0 radical (unpaired) electrons. The third kappa shape index (κ3) is 2.99. The molecule has 0 aliphatic heterocycles. The molecule has 2 aromatic carbocycles. The van der Waals surface area contributed by atoms with Gasteiger partial charge in [0.25, 0.3) is 0 Å². The lowest BCUT2D eigenvalue weighted by Gasteiger charge is -2.05. The molecular formula is C19H14ClN3O2S. The maximum Gasteiger partial charge on any atom is 0.238 e. The number of primary sulfonamides is 1. The van der Waals surface area contributed by atoms with Gasteiger partial charge in [-0.15, -0.1) is 0 Å². The van der Waals surface area contributed by atoms with Gasteiger partial charge in [0, 0.05) is 22.3 Å². The van der Waals surface area contributed by atoms with Crippen molar-refractivity contribution in [2.24, 2.45) is 5.14 Å². The highest BCUT2D eigenvalue weighted by molar-refractivity contribution is 7.89. The minimum absolute atomic E-state index is 0.0676. The van der Waals surface area contributed by atoms with E-state index in [2.05, 4.69) is 5.10 Å². The highest BCUT2D eigenvalue weighted by atomic mass is 35.5. The molecule has 0 fully saturated rings. The smallest absolute Gasteiger partial charge is 0.238 e. The predicted octanol–water partition coefficient (Wildman–Crippen LogP) is 3.97. The quantitative estimate of drug-likeness (QED) is 0.581. The molecule has 2 heterocycles. The minimum Gasteiger partial charge on any atom is -0.240 e. The minimum atomic E-state index is -3.73. The zero-order chi connectivity index (χ0) is 18.3. The molecular weight excluding hydrogens is 370 g/mol. The topological polar surface area (TPSA) is 77.5 Å². The molecule has 0 aliphatic rings. The summed E-state index contributed by atoms with van der Waals surface area (Å²) in [4.78, 5) is 0.0676. The Labute approximate surface area is 155 Å². The lowest BCUT2D eigenvalue weighted by molar-refractivity contribution is 0.598. The molecule has 7 heteroatoms. The number of sulfonamides is 1. The summed E-state index contributed by atoms with van der Waals surface area (Å²) < 4.78 is 24.8. The van der Waals surface area contributed by atoms with Crippen molar-refractivity contribution in [1.82, 2.24) is 9.61 Å². The molecule has 2 N–H and O–H groups in total. The van der Waals surface area contributed by atoms with Gasteiger partial charge in [-0.1, -0.05) is 41.9 Å². The summed E-state index contributed by atoms with van der Waals surface area (Å²) in [6, 6.07) is 19.8. The standard InChI is InChI=1S/C19H14ClN3O2S/c20-15-8-4-13(5-9-15)18-17-3-1-2-12-23(17)22-19(18)14-6-10-16(11-7-14)26(21,24)25/h1-12H,(H2,21,24,25). The maximum absolute atomic E-state index is 11.5. The van der Waals surface area contributed by atoms with E-state index in [1.807, 2.05) is 48.7 Å². The number of hydrogen-bond acceptors (Lipinski definition) is 3. The number of pyridine rings is 1. The van der Waals surface area contributed by atoms with Crippen molar-refractivity contribution in [1.29, 1.82) is 0 Å². The van der Waals surface area contributed by atoms with E-state index in [1.54, 1.807) is 16.6 Å². The highest BCUT2D eigenvalue weighted by Gasteiger charge is 2.17. The van der Waals surface area contributed by atoms with Gasteiger partial charge in [-0.3, -0.25) is 0 Å². The van der Waals surface area contributed by atoms with Crippen LogP contribution in [0.3, 0.4) is 0 Å². The average Bonchev–Trinajstić information content (AvgIpc) is 3.01. The van der Waals surface area contributed by atoms with Crippen LogP contribution >= 0.6 is 11.6 Å². The van der Waals surface area contributed by atoms with Crippen molar-refractivity contribution < 1.29 is 8.42 Å². The molecule has 0 atom stereocenters. The van der Waals surface area contributed by atoms with Crippen molar-refractivity contribution in [2.75, 3.05) is 0 Å². The van der Waals surface area contributed by atoms with Crippen molar-refractivity contribution in [3.63, 3.8) is 0 Å². The van der Waals surface area contributed by atoms with Crippen molar-refractivity contribution in [3.05, 3.63) is 77.9 Å². The summed E-state index contributed by atoms with van der Waals surface area (Å²) in [5.74, 6) is 0. The first-order valence-electron chi connectivity index (χ1n) is 7.80. The fourth-order valence-corrected chi connectivity index (χ4v) is 3.55. The van der Waals surface area contributed by atoms with E-state index in [9.17, 15) is 8.42 Å². The van der Waals surface area contributed by atoms with Gasteiger partial charge >= 0.3 is 0 Å². The lowest BCUT2D eigenvalue weighted by atomic mass is 10.00. The van der Waals surface area contributed by atoms with Crippen LogP contribution in [0.25, 0.3) is 27.9 Å². The van der Waals surface area contributed by atoms with Crippen LogP contribution in [-0.4, -0.2) is 18.0 Å². The molecule has 2 aromatic heterocycles. The third-order valence-electron chi connectivity index (χ3n) is 4.13. The number of nitrogens with two attached hydrogens (primary N) is 1. The van der Waals surface area contributed by atoms with Crippen LogP contribution < -0.4 is 5.14 Å². The number of halogens is 1. The summed E-state index contributed by atoms with van der Waals surface area (Å²) in [6.07, 6.45) is 1.87. The molecule has 0 aliphatic carbocycles. The number of fused-ring (bicyclic) bond motifs is 1. The Balaban J connectivity index is 1.95. The Morgan fingerprint density at radius 3 is 2.19 bits per heavy atom. The van der Waals surface area contributed by atoms with Gasteiger partial charge < -0.3 is 0 Å². The van der Waals surface area contributed by atoms with E-state index in [0.29, 0.717) is 5.02 Å². The van der Waals surface area contributed by atoms with Gasteiger partial charge in [0.2, 0.25) is 10.0 Å². The summed E-state index contributed by atoms with van der Waals surface area (Å²) in [7, 11) is -3.73. The molecule has 0 bridgehead atoms. The highest BCUT2D eigenvalue weighted by Crippen LogP contribution is 2.35. The van der Waals surface area contributed by atoms with Gasteiger partial charge in [0.15, 0.2) is 0 Å². The third-order valence-corrected chi connectivity index (χ3v) is 5.31. The van der Waals surface area contributed by atoms with E-state index in [1.165, 1.54) is 12.1 Å². The summed E-state index contributed by atoms with van der Waals surface area (Å²) in [5.41, 5.74) is 4.41. The normalized spacial score (nSPS) is 11.8. The molecule has 0 spiro atoms. The predicted molar refractivity (Wildman–Crippen MR) is 102 cm³/mol. The van der Waals surface area contributed by atoms with Crippen LogP contribution in [0.4, 0.5) is 0 Å². The van der Waals surface area contributed by atoms with Gasteiger partial charge in [-0.2, -0.15) is 5.10 Å². The summed E-state index contributed by atoms with van der Waals surface area (Å²) in [5, 5.41) is 10.5. The van der Waals surface area contributed by atoms with Crippen LogP contribution in [0.15, 0.2) is 77.8 Å². The first kappa shape index (κ1) is 16.8. The van der Waals surface area contributed by atoms with Crippen LogP contribution in [0.5, 0.6) is 0 Å². The van der Waals surface area contributed by atoms with Crippen LogP contribution in [0, 0.1) is 0 Å². The van der Waals surface area contributed by atoms with Crippen LogP contribution in [0.1, 0.15) is 0 Å². The molecule has 26 heavy (non-hydrogen) atoms. The van der Waals surface area contributed by atoms with Gasteiger partial charge in [0.05, 0.1) is 10.4 Å². The van der Waals surface area contributed by atoms with Crippen molar-refractivity contribution >= 4 is 27.1 Å². The first-order valence-corrected chi connectivity index (χ1v) is 9.72.